The third-order valence-electron chi connectivity index (χ3n) is 2.71. The number of rotatable bonds is 3. The number of nitrogen functional groups attached to an aromatic ring is 1. The minimum Gasteiger partial charge on any atom is -0.497 e. The fourth-order valence-corrected chi connectivity index (χ4v) is 1.68. The van der Waals surface area contributed by atoms with Crippen LogP contribution in [-0.2, 0) is 5.92 Å². The summed E-state index contributed by atoms with van der Waals surface area (Å²) in [5.74, 6) is -2.66. The molecule has 0 aliphatic rings. The summed E-state index contributed by atoms with van der Waals surface area (Å²) in [6.07, 6.45) is 0. The molecule has 2 nitrogen and oxygen atoms in total. The van der Waals surface area contributed by atoms with Crippen LogP contribution >= 0.6 is 0 Å². The van der Waals surface area contributed by atoms with Crippen LogP contribution in [0, 0.1) is 0 Å². The van der Waals surface area contributed by atoms with E-state index in [-0.39, 0.29) is 11.1 Å². The zero-order chi connectivity index (χ0) is 13.2. The fraction of sp³-hybridized carbons (Fsp3) is 0.143. The van der Waals surface area contributed by atoms with Crippen molar-refractivity contribution in [2.75, 3.05) is 12.8 Å². The molecule has 0 fully saturated rings. The Labute approximate surface area is 104 Å². The zero-order valence-electron chi connectivity index (χ0n) is 9.86. The highest BCUT2D eigenvalue weighted by atomic mass is 19.3. The van der Waals surface area contributed by atoms with Gasteiger partial charge in [-0.1, -0.05) is 24.3 Å². The molecule has 0 saturated heterocycles. The Morgan fingerprint density at radius 2 is 1.67 bits per heavy atom. The van der Waals surface area contributed by atoms with Crippen molar-refractivity contribution >= 4 is 5.69 Å². The van der Waals surface area contributed by atoms with Crippen LogP contribution in [0.25, 0.3) is 0 Å². The van der Waals surface area contributed by atoms with E-state index in [1.165, 1.54) is 43.5 Å². The number of ether oxygens (including phenoxy) is 1. The van der Waals surface area contributed by atoms with Crippen LogP contribution in [0.1, 0.15) is 11.1 Å². The number of methoxy groups -OCH3 is 1. The van der Waals surface area contributed by atoms with Gasteiger partial charge in [-0.15, -0.1) is 0 Å². The summed E-state index contributed by atoms with van der Waals surface area (Å²) in [6, 6.07) is 11.5. The Bertz CT molecular complexity index is 538. The van der Waals surface area contributed by atoms with Gasteiger partial charge in [0.15, 0.2) is 0 Å². The van der Waals surface area contributed by atoms with Gasteiger partial charge in [0.25, 0.3) is 5.92 Å². The largest absolute Gasteiger partial charge is 0.497 e. The monoisotopic (exact) mass is 249 g/mol. The Morgan fingerprint density at radius 1 is 1.00 bits per heavy atom. The number of nitrogens with two attached hydrogens (primary N) is 1. The van der Waals surface area contributed by atoms with Gasteiger partial charge in [0, 0.05) is 16.8 Å². The summed E-state index contributed by atoms with van der Waals surface area (Å²) < 4.78 is 33.4. The van der Waals surface area contributed by atoms with Crippen molar-refractivity contribution in [2.45, 2.75) is 5.92 Å². The van der Waals surface area contributed by atoms with Crippen molar-refractivity contribution in [2.24, 2.45) is 0 Å². The highest BCUT2D eigenvalue weighted by molar-refractivity contribution is 5.44. The molecular formula is C14H13F2NO. The molecule has 0 atom stereocenters. The summed E-state index contributed by atoms with van der Waals surface area (Å²) in [5.41, 5.74) is 5.75. The summed E-state index contributed by atoms with van der Waals surface area (Å²) in [5, 5.41) is 0. The molecule has 2 aromatic carbocycles. The number of hydrogen-bond acceptors (Lipinski definition) is 2. The van der Waals surface area contributed by atoms with Gasteiger partial charge in [-0.25, -0.2) is 0 Å². The minimum absolute atomic E-state index is 0.0926. The van der Waals surface area contributed by atoms with E-state index in [9.17, 15) is 8.78 Å². The van der Waals surface area contributed by atoms with E-state index in [0.29, 0.717) is 11.4 Å². The smallest absolute Gasteiger partial charge is 0.298 e. The van der Waals surface area contributed by atoms with Gasteiger partial charge >= 0.3 is 0 Å². The molecule has 0 heterocycles. The second-order valence-electron chi connectivity index (χ2n) is 3.93. The van der Waals surface area contributed by atoms with Crippen molar-refractivity contribution in [3.8, 4) is 5.75 Å². The molecule has 0 radical (unpaired) electrons. The second-order valence-corrected chi connectivity index (χ2v) is 3.93. The van der Waals surface area contributed by atoms with Crippen LogP contribution in [0.2, 0.25) is 0 Å². The standard InChI is InChI=1S/C14H13F2NO/c1-18-13-4-2-3-11(9-13)14(15,16)10-5-7-12(17)8-6-10/h2-9H,17H2,1H3. The molecule has 2 aromatic rings. The molecule has 18 heavy (non-hydrogen) atoms. The van der Waals surface area contributed by atoms with Gasteiger partial charge in [-0.2, -0.15) is 8.78 Å². The van der Waals surface area contributed by atoms with Gasteiger partial charge in [-0.3, -0.25) is 0 Å². The minimum atomic E-state index is -3.07. The SMILES string of the molecule is COc1cccc(C(F)(F)c2ccc(N)cc2)c1. The molecule has 0 saturated carbocycles. The third-order valence-corrected chi connectivity index (χ3v) is 2.71. The molecule has 0 bridgehead atoms. The molecular weight excluding hydrogens is 236 g/mol. The van der Waals surface area contributed by atoms with Gasteiger partial charge in [0.1, 0.15) is 5.75 Å². The quantitative estimate of drug-likeness (QED) is 0.846. The van der Waals surface area contributed by atoms with E-state index < -0.39 is 5.92 Å². The fourth-order valence-electron chi connectivity index (χ4n) is 1.68. The summed E-state index contributed by atoms with van der Waals surface area (Å²) in [4.78, 5) is 0. The van der Waals surface area contributed by atoms with Crippen LogP contribution in [0.4, 0.5) is 14.5 Å². The lowest BCUT2D eigenvalue weighted by atomic mass is 10.00. The summed E-state index contributed by atoms with van der Waals surface area (Å²) >= 11 is 0. The molecule has 0 aromatic heterocycles. The normalized spacial score (nSPS) is 11.3. The predicted octanol–water partition coefficient (Wildman–Crippen LogP) is 3.42. The first-order valence-corrected chi connectivity index (χ1v) is 5.42. The van der Waals surface area contributed by atoms with Crippen LogP contribution in [0.5, 0.6) is 5.75 Å². The molecule has 0 spiro atoms. The molecule has 2 rings (SSSR count). The molecule has 94 valence electrons. The number of benzene rings is 2. The van der Waals surface area contributed by atoms with Gasteiger partial charge in [-0.05, 0) is 24.3 Å². The summed E-state index contributed by atoms with van der Waals surface area (Å²) in [7, 11) is 1.44. The van der Waals surface area contributed by atoms with E-state index in [1.807, 2.05) is 0 Å². The topological polar surface area (TPSA) is 35.2 Å². The Kier molecular flexibility index (Phi) is 3.19. The molecule has 0 aliphatic carbocycles. The first-order chi connectivity index (χ1) is 8.54. The number of hydrogen-bond donors (Lipinski definition) is 1. The lowest BCUT2D eigenvalue weighted by Gasteiger charge is -2.18. The highest BCUT2D eigenvalue weighted by Crippen LogP contribution is 2.37. The van der Waals surface area contributed by atoms with E-state index in [4.69, 9.17) is 10.5 Å². The van der Waals surface area contributed by atoms with Gasteiger partial charge in [0.05, 0.1) is 7.11 Å². The van der Waals surface area contributed by atoms with Gasteiger partial charge < -0.3 is 10.5 Å². The Morgan fingerprint density at radius 3 is 2.28 bits per heavy atom. The maximum atomic E-state index is 14.2. The van der Waals surface area contributed by atoms with Crippen molar-refractivity contribution in [3.63, 3.8) is 0 Å². The van der Waals surface area contributed by atoms with Crippen LogP contribution in [-0.4, -0.2) is 7.11 Å². The van der Waals surface area contributed by atoms with Crippen LogP contribution in [0.15, 0.2) is 48.5 Å². The lowest BCUT2D eigenvalue weighted by Crippen LogP contribution is -2.15. The van der Waals surface area contributed by atoms with Crippen molar-refractivity contribution in [1.82, 2.24) is 0 Å². The van der Waals surface area contributed by atoms with Crippen molar-refractivity contribution in [3.05, 3.63) is 59.7 Å². The highest BCUT2D eigenvalue weighted by Gasteiger charge is 2.34. The van der Waals surface area contributed by atoms with Crippen molar-refractivity contribution in [1.29, 1.82) is 0 Å². The second kappa shape index (κ2) is 4.64. The lowest BCUT2D eigenvalue weighted by molar-refractivity contribution is 0.0426. The number of anilines is 1. The maximum absolute atomic E-state index is 14.2. The predicted molar refractivity (Wildman–Crippen MR) is 66.8 cm³/mol. The first-order valence-electron chi connectivity index (χ1n) is 5.42. The van der Waals surface area contributed by atoms with Crippen molar-refractivity contribution < 1.29 is 13.5 Å². The van der Waals surface area contributed by atoms with Gasteiger partial charge in [0.2, 0.25) is 0 Å². The summed E-state index contributed by atoms with van der Waals surface area (Å²) in [6.45, 7) is 0. The maximum Gasteiger partial charge on any atom is 0.298 e. The zero-order valence-corrected chi connectivity index (χ0v) is 9.86. The average molecular weight is 249 g/mol. The Balaban J connectivity index is 2.43. The molecule has 0 amide bonds. The van der Waals surface area contributed by atoms with E-state index in [2.05, 4.69) is 0 Å². The average Bonchev–Trinajstić information content (AvgIpc) is 2.39. The number of halogens is 2. The molecule has 2 N–H and O–H groups in total. The molecule has 4 heteroatoms. The third kappa shape index (κ3) is 2.27. The molecule has 0 unspecified atom stereocenters. The van der Waals surface area contributed by atoms with E-state index >= 15 is 0 Å². The van der Waals surface area contributed by atoms with E-state index in [0.717, 1.165) is 0 Å². The Hall–Kier alpha value is -2.10. The number of alkyl halides is 2. The van der Waals surface area contributed by atoms with Crippen LogP contribution < -0.4 is 10.5 Å². The van der Waals surface area contributed by atoms with E-state index in [1.54, 1.807) is 12.1 Å². The molecule has 0 aliphatic heterocycles. The first kappa shape index (κ1) is 12.4. The van der Waals surface area contributed by atoms with Crippen LogP contribution in [0.3, 0.4) is 0 Å².